The molecule has 2 rings (SSSR count). The van der Waals surface area contributed by atoms with E-state index in [1.807, 2.05) is 12.4 Å². The second kappa shape index (κ2) is 3.33. The topological polar surface area (TPSA) is 45.2 Å². The minimum absolute atomic E-state index is 0.203. The van der Waals surface area contributed by atoms with Crippen molar-refractivity contribution in [1.29, 1.82) is 0 Å². The van der Waals surface area contributed by atoms with Gasteiger partial charge in [0.2, 0.25) is 5.91 Å². The van der Waals surface area contributed by atoms with Gasteiger partial charge in [0.05, 0.1) is 6.04 Å². The fourth-order valence-corrected chi connectivity index (χ4v) is 2.04. The van der Waals surface area contributed by atoms with Crippen molar-refractivity contribution in [3.05, 3.63) is 11.6 Å². The number of hydrogen-bond donors (Lipinski definition) is 1. The van der Waals surface area contributed by atoms with E-state index in [2.05, 4.69) is 10.3 Å². The molecule has 13 heavy (non-hydrogen) atoms. The van der Waals surface area contributed by atoms with Gasteiger partial charge in [-0.1, -0.05) is 0 Å². The molecule has 1 atom stereocenters. The first-order valence-electron chi connectivity index (χ1n) is 4.15. The lowest BCUT2D eigenvalue weighted by atomic mass is 10.3. The van der Waals surface area contributed by atoms with Crippen LogP contribution in [0.5, 0.6) is 0 Å². The molecule has 1 N–H and O–H groups in total. The number of aromatic nitrogens is 1. The second-order valence-corrected chi connectivity index (χ2v) is 4.05. The van der Waals surface area contributed by atoms with Gasteiger partial charge in [-0.25, -0.2) is 4.98 Å². The van der Waals surface area contributed by atoms with Crippen molar-refractivity contribution >= 4 is 22.4 Å². The molecule has 4 nitrogen and oxygen atoms in total. The van der Waals surface area contributed by atoms with Crippen LogP contribution in [-0.2, 0) is 4.79 Å². The number of likely N-dealkylation sites (N-methyl/N-ethyl adjacent to an activating group) is 1. The van der Waals surface area contributed by atoms with Gasteiger partial charge in [0, 0.05) is 31.6 Å². The Morgan fingerprint density at radius 1 is 1.77 bits per heavy atom. The van der Waals surface area contributed by atoms with E-state index in [9.17, 15) is 4.79 Å². The monoisotopic (exact) mass is 197 g/mol. The van der Waals surface area contributed by atoms with Crippen LogP contribution in [0.2, 0.25) is 0 Å². The molecule has 1 unspecified atom stereocenters. The molecule has 0 spiro atoms. The minimum atomic E-state index is 0.203. The largest absolute Gasteiger partial charge is 0.356 e. The molecule has 1 aromatic heterocycles. The number of hydrogen-bond acceptors (Lipinski definition) is 4. The number of nitrogens with one attached hydrogen (secondary N) is 1. The van der Waals surface area contributed by atoms with Gasteiger partial charge in [-0.15, -0.1) is 11.3 Å². The van der Waals surface area contributed by atoms with Crippen LogP contribution in [0.3, 0.4) is 0 Å². The highest BCUT2D eigenvalue weighted by molar-refractivity contribution is 7.13. The number of nitrogens with zero attached hydrogens (tertiary/aromatic N) is 2. The number of rotatable bonds is 2. The molecule has 1 aromatic rings. The van der Waals surface area contributed by atoms with E-state index in [-0.39, 0.29) is 11.9 Å². The molecular formula is C8H11N3OS. The summed E-state index contributed by atoms with van der Waals surface area (Å²) in [6.07, 6.45) is 2.34. The summed E-state index contributed by atoms with van der Waals surface area (Å²) in [4.78, 5) is 17.0. The average Bonchev–Trinajstić information content (AvgIpc) is 2.64. The Labute approximate surface area is 80.6 Å². The lowest BCUT2D eigenvalue weighted by molar-refractivity contribution is -0.126. The molecule has 1 amide bonds. The van der Waals surface area contributed by atoms with Crippen molar-refractivity contribution in [2.75, 3.05) is 18.9 Å². The summed E-state index contributed by atoms with van der Waals surface area (Å²) in [6, 6.07) is 0.226. The van der Waals surface area contributed by atoms with Crippen LogP contribution in [0.15, 0.2) is 11.6 Å². The standard InChI is InChI=1S/C8H11N3OS/c1-11-5-6(4-7(11)12)10-8-9-2-3-13-8/h2-3,6H,4-5H2,1H3,(H,9,10). The molecule has 0 aliphatic carbocycles. The fraction of sp³-hybridized carbons (Fsp3) is 0.500. The molecule has 0 bridgehead atoms. The zero-order valence-electron chi connectivity index (χ0n) is 7.36. The van der Waals surface area contributed by atoms with Crippen LogP contribution in [0, 0.1) is 0 Å². The third-order valence-electron chi connectivity index (χ3n) is 2.10. The number of amides is 1. The lowest BCUT2D eigenvalue weighted by Crippen LogP contribution is -2.24. The predicted molar refractivity (Wildman–Crippen MR) is 51.8 cm³/mol. The van der Waals surface area contributed by atoms with Crippen LogP contribution in [0.4, 0.5) is 5.13 Å². The highest BCUT2D eigenvalue weighted by Crippen LogP contribution is 2.17. The van der Waals surface area contributed by atoms with Gasteiger partial charge in [0.25, 0.3) is 0 Å². The molecule has 2 heterocycles. The zero-order valence-corrected chi connectivity index (χ0v) is 8.17. The first kappa shape index (κ1) is 8.50. The van der Waals surface area contributed by atoms with E-state index in [0.717, 1.165) is 11.7 Å². The quantitative estimate of drug-likeness (QED) is 0.762. The van der Waals surface area contributed by atoms with E-state index < -0.39 is 0 Å². The fourth-order valence-electron chi connectivity index (χ4n) is 1.43. The van der Waals surface area contributed by atoms with E-state index in [4.69, 9.17) is 0 Å². The van der Waals surface area contributed by atoms with Gasteiger partial charge < -0.3 is 10.2 Å². The Balaban J connectivity index is 1.94. The van der Waals surface area contributed by atoms with Crippen LogP contribution < -0.4 is 5.32 Å². The molecule has 5 heteroatoms. The Hall–Kier alpha value is -1.10. The van der Waals surface area contributed by atoms with Crippen molar-refractivity contribution < 1.29 is 4.79 Å². The molecule has 70 valence electrons. The van der Waals surface area contributed by atoms with Crippen LogP contribution in [0.1, 0.15) is 6.42 Å². The maximum Gasteiger partial charge on any atom is 0.224 e. The van der Waals surface area contributed by atoms with Gasteiger partial charge >= 0.3 is 0 Å². The van der Waals surface area contributed by atoms with Crippen LogP contribution >= 0.6 is 11.3 Å². The molecule has 0 radical (unpaired) electrons. The molecule has 0 aromatic carbocycles. The third kappa shape index (κ3) is 1.80. The number of thiazole rings is 1. The van der Waals surface area contributed by atoms with Gasteiger partial charge in [-0.2, -0.15) is 0 Å². The van der Waals surface area contributed by atoms with Gasteiger partial charge in [-0.3, -0.25) is 4.79 Å². The van der Waals surface area contributed by atoms with E-state index >= 15 is 0 Å². The van der Waals surface area contributed by atoms with Crippen molar-refractivity contribution in [2.24, 2.45) is 0 Å². The zero-order chi connectivity index (χ0) is 9.26. The van der Waals surface area contributed by atoms with Crippen LogP contribution in [-0.4, -0.2) is 35.4 Å². The minimum Gasteiger partial charge on any atom is -0.356 e. The first-order valence-corrected chi connectivity index (χ1v) is 5.03. The summed E-state index contributed by atoms with van der Waals surface area (Å²) < 4.78 is 0. The maximum absolute atomic E-state index is 11.2. The van der Waals surface area contributed by atoms with E-state index in [1.54, 1.807) is 22.4 Å². The van der Waals surface area contributed by atoms with Crippen molar-refractivity contribution in [2.45, 2.75) is 12.5 Å². The molecule has 1 fully saturated rings. The van der Waals surface area contributed by atoms with Crippen molar-refractivity contribution in [1.82, 2.24) is 9.88 Å². The smallest absolute Gasteiger partial charge is 0.224 e. The SMILES string of the molecule is CN1CC(Nc2nccs2)CC1=O. The van der Waals surface area contributed by atoms with Gasteiger partial charge in [-0.05, 0) is 0 Å². The summed E-state index contributed by atoms with van der Waals surface area (Å²) in [6.45, 7) is 0.776. The Morgan fingerprint density at radius 3 is 3.15 bits per heavy atom. The molecular weight excluding hydrogens is 186 g/mol. The Morgan fingerprint density at radius 2 is 2.62 bits per heavy atom. The van der Waals surface area contributed by atoms with Crippen molar-refractivity contribution in [3.8, 4) is 0 Å². The number of carbonyl (C=O) groups is 1. The van der Waals surface area contributed by atoms with E-state index in [1.165, 1.54) is 0 Å². The highest BCUT2D eigenvalue weighted by atomic mass is 32.1. The van der Waals surface area contributed by atoms with Gasteiger partial charge in [0.15, 0.2) is 5.13 Å². The second-order valence-electron chi connectivity index (χ2n) is 3.16. The predicted octanol–water partition coefficient (Wildman–Crippen LogP) is 0.786. The lowest BCUT2D eigenvalue weighted by Gasteiger charge is -2.10. The average molecular weight is 197 g/mol. The summed E-state index contributed by atoms with van der Waals surface area (Å²) in [5.74, 6) is 0.203. The summed E-state index contributed by atoms with van der Waals surface area (Å²) in [5, 5.41) is 6.04. The summed E-state index contributed by atoms with van der Waals surface area (Å²) in [5.41, 5.74) is 0. The summed E-state index contributed by atoms with van der Waals surface area (Å²) >= 11 is 1.56. The normalized spacial score (nSPS) is 22.4. The maximum atomic E-state index is 11.2. The molecule has 1 saturated heterocycles. The first-order chi connectivity index (χ1) is 6.25. The van der Waals surface area contributed by atoms with Crippen molar-refractivity contribution in [3.63, 3.8) is 0 Å². The Bertz CT molecular complexity index is 298. The highest BCUT2D eigenvalue weighted by Gasteiger charge is 2.26. The summed E-state index contributed by atoms with van der Waals surface area (Å²) in [7, 11) is 1.83. The van der Waals surface area contributed by atoms with E-state index in [0.29, 0.717) is 6.42 Å². The number of anilines is 1. The van der Waals surface area contributed by atoms with Gasteiger partial charge in [0.1, 0.15) is 0 Å². The number of likely N-dealkylation sites (tertiary alicyclic amines) is 1. The Kier molecular flexibility index (Phi) is 2.18. The molecule has 0 saturated carbocycles. The van der Waals surface area contributed by atoms with Crippen LogP contribution in [0.25, 0.3) is 0 Å². The molecule has 1 aliphatic heterocycles. The number of carbonyl (C=O) groups excluding carboxylic acids is 1. The molecule has 1 aliphatic rings. The third-order valence-corrected chi connectivity index (χ3v) is 2.81.